The second-order valence-corrected chi connectivity index (χ2v) is 7.08. The number of rotatable bonds is 2. The summed E-state index contributed by atoms with van der Waals surface area (Å²) in [5, 5.41) is 26.6. The molecule has 3 heterocycles. The zero-order chi connectivity index (χ0) is 21.4. The van der Waals surface area contributed by atoms with E-state index in [-0.39, 0.29) is 25.3 Å². The van der Waals surface area contributed by atoms with Gasteiger partial charge in [-0.05, 0) is 18.2 Å². The van der Waals surface area contributed by atoms with E-state index in [0.29, 0.717) is 29.9 Å². The van der Waals surface area contributed by atoms with Crippen molar-refractivity contribution in [2.24, 2.45) is 0 Å². The molecule has 0 saturated heterocycles. The minimum absolute atomic E-state index is 0.159. The van der Waals surface area contributed by atoms with Crippen LogP contribution in [0.5, 0.6) is 0 Å². The third-order valence-electron chi connectivity index (χ3n) is 5.10. The fourth-order valence-corrected chi connectivity index (χ4v) is 3.60. The van der Waals surface area contributed by atoms with Crippen molar-refractivity contribution in [1.82, 2.24) is 19.7 Å². The maximum absolute atomic E-state index is 13.5. The number of nitrogens with zero attached hydrogens (tertiary/aromatic N) is 5. The lowest BCUT2D eigenvalue weighted by Gasteiger charge is -2.27. The third kappa shape index (κ3) is 3.47. The van der Waals surface area contributed by atoms with E-state index in [2.05, 4.69) is 10.4 Å². The van der Waals surface area contributed by atoms with E-state index in [1.165, 1.54) is 28.8 Å². The molecule has 2 aliphatic heterocycles. The van der Waals surface area contributed by atoms with E-state index in [1.807, 2.05) is 0 Å². The molecule has 2 N–H and O–H groups in total. The van der Waals surface area contributed by atoms with Gasteiger partial charge in [0.2, 0.25) is 0 Å². The van der Waals surface area contributed by atoms with Gasteiger partial charge < -0.3 is 15.3 Å². The number of carbonyl (C=O) groups is 2. The van der Waals surface area contributed by atoms with Gasteiger partial charge in [0.15, 0.2) is 0 Å². The van der Waals surface area contributed by atoms with Crippen LogP contribution in [0.4, 0.5) is 14.9 Å². The molecule has 156 valence electrons. The quantitative estimate of drug-likeness (QED) is 0.751. The molecule has 10 nitrogen and oxygen atoms in total. The summed E-state index contributed by atoms with van der Waals surface area (Å²) in [5.41, 5.74) is 1.82. The van der Waals surface area contributed by atoms with Crippen LogP contribution in [0, 0.1) is 17.1 Å². The number of nitrogens with one attached hydrogen (secondary N) is 1. The van der Waals surface area contributed by atoms with Gasteiger partial charge in [0, 0.05) is 31.3 Å². The van der Waals surface area contributed by atoms with E-state index in [1.54, 1.807) is 6.07 Å². The largest absolute Gasteiger partial charge is 0.393 e. The SMILES string of the molecule is CN1O[C@H](CO)Cn2nc3c(c2C1=O)CN(C(=O)Nc1ccc(F)c(C#N)c1)CC3. The monoisotopic (exact) mass is 414 g/mol. The lowest BCUT2D eigenvalue weighted by Crippen LogP contribution is -2.39. The maximum Gasteiger partial charge on any atom is 0.322 e. The average Bonchev–Trinajstić information content (AvgIpc) is 3.04. The first-order valence-corrected chi connectivity index (χ1v) is 9.31. The second-order valence-electron chi connectivity index (χ2n) is 7.08. The minimum Gasteiger partial charge on any atom is -0.393 e. The van der Waals surface area contributed by atoms with Gasteiger partial charge in [-0.3, -0.25) is 14.3 Å². The Balaban J connectivity index is 1.57. The Hall–Kier alpha value is -3.49. The summed E-state index contributed by atoms with van der Waals surface area (Å²) < 4.78 is 15.0. The summed E-state index contributed by atoms with van der Waals surface area (Å²) in [4.78, 5) is 32.4. The minimum atomic E-state index is -0.660. The van der Waals surface area contributed by atoms with E-state index < -0.39 is 23.9 Å². The third-order valence-corrected chi connectivity index (χ3v) is 5.10. The van der Waals surface area contributed by atoms with Gasteiger partial charge in [0.25, 0.3) is 5.91 Å². The van der Waals surface area contributed by atoms with Crippen molar-refractivity contribution in [2.45, 2.75) is 25.6 Å². The number of halogens is 1. The summed E-state index contributed by atoms with van der Waals surface area (Å²) >= 11 is 0. The van der Waals surface area contributed by atoms with Crippen molar-refractivity contribution in [3.8, 4) is 6.07 Å². The van der Waals surface area contributed by atoms with Crippen LogP contribution in [0.3, 0.4) is 0 Å². The summed E-state index contributed by atoms with van der Waals surface area (Å²) in [6.07, 6.45) is -0.147. The highest BCUT2D eigenvalue weighted by molar-refractivity contribution is 5.94. The molecule has 11 heteroatoms. The Morgan fingerprint density at radius 1 is 1.50 bits per heavy atom. The molecule has 1 atom stereocenters. The molecular weight excluding hydrogens is 395 g/mol. The molecule has 4 rings (SSSR count). The predicted octanol–water partition coefficient (Wildman–Crippen LogP) is 0.862. The number of aliphatic hydroxyl groups is 1. The summed E-state index contributed by atoms with van der Waals surface area (Å²) in [6.45, 7) is 0.490. The van der Waals surface area contributed by atoms with Crippen molar-refractivity contribution in [3.05, 3.63) is 46.5 Å². The van der Waals surface area contributed by atoms with Crippen LogP contribution in [0.15, 0.2) is 18.2 Å². The van der Waals surface area contributed by atoms with E-state index in [9.17, 15) is 19.1 Å². The molecule has 0 unspecified atom stereocenters. The van der Waals surface area contributed by atoms with Crippen LogP contribution in [-0.2, 0) is 24.3 Å². The van der Waals surface area contributed by atoms with Gasteiger partial charge in [0.1, 0.15) is 23.7 Å². The Morgan fingerprint density at radius 3 is 3.03 bits per heavy atom. The van der Waals surface area contributed by atoms with Crippen LogP contribution in [0.1, 0.15) is 27.3 Å². The predicted molar refractivity (Wildman–Crippen MR) is 101 cm³/mol. The standard InChI is InChI=1S/C19H19FN6O4/c1-24-18(28)17-14-9-25(5-4-16(14)23-26(17)8-13(10-27)30-24)19(29)22-12-2-3-15(20)11(6-12)7-21/h2-3,6,13,27H,4-5,8-10H2,1H3,(H,22,29)/t13-/m0/s1. The number of carbonyl (C=O) groups excluding carboxylic acids is 2. The summed E-state index contributed by atoms with van der Waals surface area (Å²) in [6, 6.07) is 5.05. The number of benzene rings is 1. The highest BCUT2D eigenvalue weighted by Crippen LogP contribution is 2.26. The smallest absolute Gasteiger partial charge is 0.322 e. The normalized spacial score (nSPS) is 18.3. The van der Waals surface area contributed by atoms with Gasteiger partial charge >= 0.3 is 6.03 Å². The Bertz CT molecular complexity index is 1060. The molecule has 0 spiro atoms. The number of hydrogen-bond acceptors (Lipinski definition) is 6. The molecule has 2 aliphatic rings. The molecule has 1 aromatic carbocycles. The Labute approximate surface area is 171 Å². The van der Waals surface area contributed by atoms with Gasteiger partial charge in [-0.1, -0.05) is 0 Å². The molecule has 0 saturated carbocycles. The topological polar surface area (TPSA) is 124 Å². The van der Waals surface area contributed by atoms with Crippen LogP contribution in [0.2, 0.25) is 0 Å². The van der Waals surface area contributed by atoms with Crippen molar-refractivity contribution in [3.63, 3.8) is 0 Å². The zero-order valence-electron chi connectivity index (χ0n) is 16.1. The van der Waals surface area contributed by atoms with Crippen molar-refractivity contribution in [1.29, 1.82) is 5.26 Å². The molecule has 30 heavy (non-hydrogen) atoms. The van der Waals surface area contributed by atoms with Crippen molar-refractivity contribution in [2.75, 3.05) is 25.5 Å². The van der Waals surface area contributed by atoms with E-state index >= 15 is 0 Å². The number of hydroxylamine groups is 2. The molecule has 0 aliphatic carbocycles. The van der Waals surface area contributed by atoms with Gasteiger partial charge in [-0.25, -0.2) is 14.2 Å². The highest BCUT2D eigenvalue weighted by Gasteiger charge is 2.35. The van der Waals surface area contributed by atoms with Gasteiger partial charge in [-0.2, -0.15) is 10.4 Å². The molecular formula is C19H19FN6O4. The van der Waals surface area contributed by atoms with E-state index in [0.717, 1.165) is 16.8 Å². The Morgan fingerprint density at radius 2 is 2.30 bits per heavy atom. The first-order valence-electron chi connectivity index (χ1n) is 9.31. The number of amides is 3. The van der Waals surface area contributed by atoms with Crippen LogP contribution >= 0.6 is 0 Å². The number of aromatic nitrogens is 2. The number of fused-ring (bicyclic) bond motifs is 3. The van der Waals surface area contributed by atoms with Crippen molar-refractivity contribution >= 4 is 17.6 Å². The molecule has 0 bridgehead atoms. The average molecular weight is 414 g/mol. The Kier molecular flexibility index (Phi) is 5.11. The molecule has 2 aromatic rings. The zero-order valence-corrected chi connectivity index (χ0v) is 16.1. The number of nitriles is 1. The van der Waals surface area contributed by atoms with Crippen LogP contribution in [-0.4, -0.2) is 63.1 Å². The maximum atomic E-state index is 13.5. The first kappa shape index (κ1) is 19.8. The highest BCUT2D eigenvalue weighted by atomic mass is 19.1. The van der Waals surface area contributed by atoms with Gasteiger partial charge in [0.05, 0.1) is 31.0 Å². The molecule has 1 aromatic heterocycles. The number of urea groups is 1. The van der Waals surface area contributed by atoms with Crippen LogP contribution < -0.4 is 5.32 Å². The number of anilines is 1. The first-order chi connectivity index (χ1) is 14.4. The number of aliphatic hydroxyl groups excluding tert-OH is 1. The molecule has 0 radical (unpaired) electrons. The molecule has 0 fully saturated rings. The van der Waals surface area contributed by atoms with Crippen molar-refractivity contribution < 1.29 is 23.9 Å². The lowest BCUT2D eigenvalue weighted by atomic mass is 10.1. The van der Waals surface area contributed by atoms with Crippen LogP contribution in [0.25, 0.3) is 0 Å². The second kappa shape index (κ2) is 7.74. The fourth-order valence-electron chi connectivity index (χ4n) is 3.60. The summed E-state index contributed by atoms with van der Waals surface area (Å²) in [7, 11) is 1.47. The van der Waals surface area contributed by atoms with Gasteiger partial charge in [-0.15, -0.1) is 0 Å². The lowest BCUT2D eigenvalue weighted by molar-refractivity contribution is -0.159. The van der Waals surface area contributed by atoms with E-state index in [4.69, 9.17) is 10.1 Å². The summed E-state index contributed by atoms with van der Waals surface area (Å²) in [5.74, 6) is -1.06. The fraction of sp³-hybridized carbons (Fsp3) is 0.368. The molecule has 3 amide bonds. The number of hydrogen-bond donors (Lipinski definition) is 2.